The number of piperazine rings is 1. The Hall–Kier alpha value is -2.19. The highest BCUT2D eigenvalue weighted by Crippen LogP contribution is 2.19. The normalized spacial score (nSPS) is 18.2. The van der Waals surface area contributed by atoms with Gasteiger partial charge in [0.2, 0.25) is 11.8 Å². The summed E-state index contributed by atoms with van der Waals surface area (Å²) in [5.74, 6) is 0.0703. The van der Waals surface area contributed by atoms with Crippen molar-refractivity contribution in [3.8, 4) is 0 Å². The van der Waals surface area contributed by atoms with Crippen molar-refractivity contribution in [2.45, 2.75) is 39.2 Å². The molecule has 0 bridgehead atoms. The molecule has 1 N–H and O–H groups in total. The van der Waals surface area contributed by atoms with Gasteiger partial charge in [0.05, 0.1) is 12.6 Å². The number of nitrogens with one attached hydrogen (secondary N) is 1. The molecule has 2 amide bonds. The standard InChI is InChI=1S/C24H37FN4O3/c1-19(2)32-17-3-10-26-24(31)20-8-11-27(12-9-20)18-23(30)29-15-13-28(14-16-29)22-6-4-21(25)5-7-22/h4-7,19-20H,3,8-18H2,1-2H3,(H,26,31). The summed E-state index contributed by atoms with van der Waals surface area (Å²) in [6.07, 6.45) is 2.63. The Bertz CT molecular complexity index is 727. The highest BCUT2D eigenvalue weighted by molar-refractivity contribution is 5.79. The van der Waals surface area contributed by atoms with Crippen LogP contribution in [-0.4, -0.2) is 86.7 Å². The molecule has 0 spiro atoms. The maximum atomic E-state index is 13.1. The van der Waals surface area contributed by atoms with Crippen LogP contribution in [0.4, 0.5) is 10.1 Å². The predicted octanol–water partition coefficient (Wildman–Crippen LogP) is 2.12. The van der Waals surface area contributed by atoms with E-state index in [9.17, 15) is 14.0 Å². The molecule has 0 aliphatic carbocycles. The third kappa shape index (κ3) is 7.45. The van der Waals surface area contributed by atoms with Crippen LogP contribution in [0, 0.1) is 11.7 Å². The number of likely N-dealkylation sites (tertiary alicyclic amines) is 1. The highest BCUT2D eigenvalue weighted by Gasteiger charge is 2.28. The average molecular weight is 449 g/mol. The van der Waals surface area contributed by atoms with E-state index in [0.717, 1.165) is 51.1 Å². The Morgan fingerprint density at radius 2 is 1.72 bits per heavy atom. The van der Waals surface area contributed by atoms with Crippen LogP contribution < -0.4 is 10.2 Å². The van der Waals surface area contributed by atoms with Gasteiger partial charge in [0.25, 0.3) is 0 Å². The molecule has 1 aromatic rings. The van der Waals surface area contributed by atoms with Gasteiger partial charge in [-0.15, -0.1) is 0 Å². The number of nitrogens with zero attached hydrogens (tertiary/aromatic N) is 3. The number of halogens is 1. The second-order valence-electron chi connectivity index (χ2n) is 8.96. The molecule has 0 atom stereocenters. The molecule has 178 valence electrons. The molecular formula is C24H37FN4O3. The van der Waals surface area contributed by atoms with Gasteiger partial charge in [-0.1, -0.05) is 0 Å². The Morgan fingerprint density at radius 1 is 1.06 bits per heavy atom. The SMILES string of the molecule is CC(C)OCCCNC(=O)C1CCN(CC(=O)N2CCN(c3ccc(F)cc3)CC2)CC1. The van der Waals surface area contributed by atoms with Gasteiger partial charge in [-0.25, -0.2) is 4.39 Å². The van der Waals surface area contributed by atoms with Crippen LogP contribution in [0.25, 0.3) is 0 Å². The van der Waals surface area contributed by atoms with Crippen LogP contribution in [0.5, 0.6) is 0 Å². The zero-order valence-corrected chi connectivity index (χ0v) is 19.4. The maximum absolute atomic E-state index is 13.1. The molecule has 2 aliphatic rings. The van der Waals surface area contributed by atoms with Crippen molar-refractivity contribution in [1.82, 2.24) is 15.1 Å². The minimum Gasteiger partial charge on any atom is -0.379 e. The van der Waals surface area contributed by atoms with Gasteiger partial charge < -0.3 is 19.9 Å². The van der Waals surface area contributed by atoms with Crippen molar-refractivity contribution in [2.75, 3.05) is 63.9 Å². The van der Waals surface area contributed by atoms with Gasteiger partial charge in [-0.2, -0.15) is 0 Å². The first-order chi connectivity index (χ1) is 15.4. The zero-order valence-electron chi connectivity index (χ0n) is 19.4. The van der Waals surface area contributed by atoms with E-state index in [2.05, 4.69) is 15.1 Å². The van der Waals surface area contributed by atoms with Crippen molar-refractivity contribution in [1.29, 1.82) is 0 Å². The number of rotatable bonds is 9. The van der Waals surface area contributed by atoms with Crippen LogP contribution in [-0.2, 0) is 14.3 Å². The molecule has 7 nitrogen and oxygen atoms in total. The minimum atomic E-state index is -0.236. The summed E-state index contributed by atoms with van der Waals surface area (Å²) in [5.41, 5.74) is 0.992. The van der Waals surface area contributed by atoms with E-state index in [0.29, 0.717) is 32.8 Å². The van der Waals surface area contributed by atoms with Crippen molar-refractivity contribution < 1.29 is 18.7 Å². The fourth-order valence-corrected chi connectivity index (χ4v) is 4.26. The predicted molar refractivity (Wildman–Crippen MR) is 123 cm³/mol. The molecule has 2 aliphatic heterocycles. The Labute approximate surface area is 190 Å². The highest BCUT2D eigenvalue weighted by atomic mass is 19.1. The van der Waals surface area contributed by atoms with Crippen LogP contribution in [0.1, 0.15) is 33.1 Å². The lowest BCUT2D eigenvalue weighted by Gasteiger charge is -2.38. The number of carbonyl (C=O) groups excluding carboxylic acids is 2. The number of benzene rings is 1. The second kappa shape index (κ2) is 12.2. The molecule has 1 aromatic carbocycles. The molecule has 32 heavy (non-hydrogen) atoms. The summed E-state index contributed by atoms with van der Waals surface area (Å²) in [6.45, 7) is 10.1. The van der Waals surface area contributed by atoms with Gasteiger partial charge in [-0.05, 0) is 70.5 Å². The number of piperidine rings is 1. The van der Waals surface area contributed by atoms with Crippen LogP contribution in [0.3, 0.4) is 0 Å². The Balaban J connectivity index is 1.31. The summed E-state index contributed by atoms with van der Waals surface area (Å²) in [5, 5.41) is 3.02. The van der Waals surface area contributed by atoms with E-state index in [1.54, 1.807) is 12.1 Å². The van der Waals surface area contributed by atoms with Gasteiger partial charge in [0.15, 0.2) is 0 Å². The van der Waals surface area contributed by atoms with E-state index < -0.39 is 0 Å². The molecule has 0 aromatic heterocycles. The van der Waals surface area contributed by atoms with Crippen molar-refractivity contribution in [2.24, 2.45) is 5.92 Å². The summed E-state index contributed by atoms with van der Waals surface area (Å²) in [6, 6.07) is 6.51. The number of amides is 2. The van der Waals surface area contributed by atoms with Crippen LogP contribution in [0.2, 0.25) is 0 Å². The van der Waals surface area contributed by atoms with E-state index in [4.69, 9.17) is 4.74 Å². The number of hydrogen-bond acceptors (Lipinski definition) is 5. The molecular weight excluding hydrogens is 411 g/mol. The lowest BCUT2D eigenvalue weighted by Crippen LogP contribution is -2.52. The molecule has 2 saturated heterocycles. The lowest BCUT2D eigenvalue weighted by molar-refractivity contribution is -0.133. The number of hydrogen-bond donors (Lipinski definition) is 1. The van der Waals surface area contributed by atoms with Gasteiger partial charge >= 0.3 is 0 Å². The quantitative estimate of drug-likeness (QED) is 0.587. The number of anilines is 1. The topological polar surface area (TPSA) is 65.1 Å². The largest absolute Gasteiger partial charge is 0.379 e. The maximum Gasteiger partial charge on any atom is 0.236 e. The van der Waals surface area contributed by atoms with Gasteiger partial charge in [-0.3, -0.25) is 14.5 Å². The van der Waals surface area contributed by atoms with E-state index in [1.807, 2.05) is 18.7 Å². The summed E-state index contributed by atoms with van der Waals surface area (Å²) < 4.78 is 18.6. The fraction of sp³-hybridized carbons (Fsp3) is 0.667. The lowest BCUT2D eigenvalue weighted by atomic mass is 9.96. The second-order valence-corrected chi connectivity index (χ2v) is 8.96. The smallest absolute Gasteiger partial charge is 0.236 e. The Kier molecular flexibility index (Phi) is 9.29. The molecule has 0 radical (unpaired) electrons. The average Bonchev–Trinajstić information content (AvgIpc) is 2.79. The van der Waals surface area contributed by atoms with Crippen molar-refractivity contribution >= 4 is 17.5 Å². The fourth-order valence-electron chi connectivity index (χ4n) is 4.26. The van der Waals surface area contributed by atoms with E-state index >= 15 is 0 Å². The third-order valence-electron chi connectivity index (χ3n) is 6.21. The molecule has 2 heterocycles. The molecule has 8 heteroatoms. The molecule has 0 unspecified atom stereocenters. The van der Waals surface area contributed by atoms with Crippen LogP contribution >= 0.6 is 0 Å². The monoisotopic (exact) mass is 448 g/mol. The summed E-state index contributed by atoms with van der Waals surface area (Å²) >= 11 is 0. The molecule has 3 rings (SSSR count). The third-order valence-corrected chi connectivity index (χ3v) is 6.21. The number of carbonyl (C=O) groups is 2. The minimum absolute atomic E-state index is 0.0339. The molecule has 2 fully saturated rings. The van der Waals surface area contributed by atoms with E-state index in [-0.39, 0.29) is 29.7 Å². The van der Waals surface area contributed by atoms with Gasteiger partial charge in [0.1, 0.15) is 5.82 Å². The number of ether oxygens (including phenoxy) is 1. The van der Waals surface area contributed by atoms with E-state index in [1.165, 1.54) is 12.1 Å². The van der Waals surface area contributed by atoms with Crippen LogP contribution in [0.15, 0.2) is 24.3 Å². The van der Waals surface area contributed by atoms with Crippen molar-refractivity contribution in [3.63, 3.8) is 0 Å². The zero-order chi connectivity index (χ0) is 22.9. The first kappa shape index (κ1) is 24.5. The first-order valence-corrected chi connectivity index (χ1v) is 11.8. The first-order valence-electron chi connectivity index (χ1n) is 11.8. The van der Waals surface area contributed by atoms with Gasteiger partial charge in [0, 0.05) is 50.9 Å². The van der Waals surface area contributed by atoms with Crippen molar-refractivity contribution in [3.05, 3.63) is 30.1 Å². The molecule has 0 saturated carbocycles. The summed E-state index contributed by atoms with van der Waals surface area (Å²) in [4.78, 5) is 31.4. The Morgan fingerprint density at radius 3 is 2.34 bits per heavy atom. The summed E-state index contributed by atoms with van der Waals surface area (Å²) in [7, 11) is 0.